The molecule has 1 heterocycles. The SMILES string of the molecule is CC1CCCN(CC(=O)N(C)C2CCCCC2)C1C(=O)O. The molecule has 0 bridgehead atoms. The number of carboxylic acids is 1. The van der Waals surface area contributed by atoms with Crippen molar-refractivity contribution in [3.05, 3.63) is 0 Å². The summed E-state index contributed by atoms with van der Waals surface area (Å²) in [6.07, 6.45) is 7.73. The molecule has 120 valence electrons. The third kappa shape index (κ3) is 3.96. The number of aliphatic carboxylic acids is 1. The molecule has 1 aliphatic carbocycles. The third-order valence-electron chi connectivity index (χ3n) is 5.14. The fourth-order valence-electron chi connectivity index (χ4n) is 3.81. The monoisotopic (exact) mass is 296 g/mol. The molecule has 2 rings (SSSR count). The van der Waals surface area contributed by atoms with E-state index in [2.05, 4.69) is 0 Å². The average molecular weight is 296 g/mol. The molecule has 0 radical (unpaired) electrons. The number of hydrogen-bond donors (Lipinski definition) is 1. The van der Waals surface area contributed by atoms with Crippen LogP contribution < -0.4 is 0 Å². The van der Waals surface area contributed by atoms with Gasteiger partial charge in [0.25, 0.3) is 0 Å². The van der Waals surface area contributed by atoms with Crippen molar-refractivity contribution >= 4 is 11.9 Å². The number of amides is 1. The molecular formula is C16H28N2O3. The Morgan fingerprint density at radius 1 is 1.14 bits per heavy atom. The van der Waals surface area contributed by atoms with Crippen LogP contribution in [0.2, 0.25) is 0 Å². The van der Waals surface area contributed by atoms with Gasteiger partial charge in [-0.3, -0.25) is 14.5 Å². The van der Waals surface area contributed by atoms with Crippen LogP contribution in [-0.2, 0) is 9.59 Å². The van der Waals surface area contributed by atoms with E-state index in [-0.39, 0.29) is 18.4 Å². The van der Waals surface area contributed by atoms with Crippen molar-refractivity contribution < 1.29 is 14.7 Å². The number of piperidine rings is 1. The molecule has 1 saturated heterocycles. The van der Waals surface area contributed by atoms with E-state index in [9.17, 15) is 14.7 Å². The number of likely N-dealkylation sites (tertiary alicyclic amines) is 1. The lowest BCUT2D eigenvalue weighted by atomic mass is 9.90. The predicted octanol–water partition coefficient (Wildman–Crippen LogP) is 1.96. The summed E-state index contributed by atoms with van der Waals surface area (Å²) >= 11 is 0. The van der Waals surface area contributed by atoms with Gasteiger partial charge < -0.3 is 10.0 Å². The van der Waals surface area contributed by atoms with E-state index in [0.717, 1.165) is 25.7 Å². The zero-order valence-corrected chi connectivity index (χ0v) is 13.3. The zero-order chi connectivity index (χ0) is 15.4. The molecule has 1 N–H and O–H groups in total. The highest BCUT2D eigenvalue weighted by Crippen LogP contribution is 2.25. The van der Waals surface area contributed by atoms with E-state index < -0.39 is 12.0 Å². The first-order chi connectivity index (χ1) is 10.0. The van der Waals surface area contributed by atoms with E-state index in [0.29, 0.717) is 12.6 Å². The maximum atomic E-state index is 12.5. The van der Waals surface area contributed by atoms with Crippen LogP contribution in [-0.4, -0.2) is 59.0 Å². The van der Waals surface area contributed by atoms with Gasteiger partial charge in [0, 0.05) is 13.1 Å². The number of carbonyl (C=O) groups excluding carboxylic acids is 1. The Morgan fingerprint density at radius 3 is 2.43 bits per heavy atom. The normalized spacial score (nSPS) is 28.3. The van der Waals surface area contributed by atoms with Crippen molar-refractivity contribution in [1.29, 1.82) is 0 Å². The van der Waals surface area contributed by atoms with Gasteiger partial charge in [0.15, 0.2) is 0 Å². The lowest BCUT2D eigenvalue weighted by molar-refractivity contribution is -0.148. The minimum atomic E-state index is -0.796. The summed E-state index contributed by atoms with van der Waals surface area (Å²) in [5.41, 5.74) is 0. The largest absolute Gasteiger partial charge is 0.480 e. The van der Waals surface area contributed by atoms with Crippen molar-refractivity contribution in [3.8, 4) is 0 Å². The van der Waals surface area contributed by atoms with Gasteiger partial charge in [-0.2, -0.15) is 0 Å². The molecule has 0 aromatic rings. The van der Waals surface area contributed by atoms with Crippen LogP contribution in [0.1, 0.15) is 51.9 Å². The fourth-order valence-corrected chi connectivity index (χ4v) is 3.81. The highest BCUT2D eigenvalue weighted by atomic mass is 16.4. The summed E-state index contributed by atoms with van der Waals surface area (Å²) < 4.78 is 0. The molecule has 1 aliphatic heterocycles. The Bertz CT molecular complexity index is 380. The van der Waals surface area contributed by atoms with Crippen molar-refractivity contribution in [2.45, 2.75) is 64.0 Å². The number of likely N-dealkylation sites (N-methyl/N-ethyl adjacent to an activating group) is 1. The first-order valence-electron chi connectivity index (χ1n) is 8.23. The molecule has 1 amide bonds. The number of hydrogen-bond acceptors (Lipinski definition) is 3. The summed E-state index contributed by atoms with van der Waals surface area (Å²) in [5, 5.41) is 9.41. The van der Waals surface area contributed by atoms with Crippen LogP contribution in [0.15, 0.2) is 0 Å². The van der Waals surface area contributed by atoms with Crippen LogP contribution in [0.3, 0.4) is 0 Å². The molecule has 5 nitrogen and oxygen atoms in total. The van der Waals surface area contributed by atoms with Gasteiger partial charge in [-0.25, -0.2) is 0 Å². The maximum Gasteiger partial charge on any atom is 0.321 e. The molecule has 0 aromatic heterocycles. The summed E-state index contributed by atoms with van der Waals surface area (Å²) in [6.45, 7) is 2.93. The number of nitrogens with zero attached hydrogens (tertiary/aromatic N) is 2. The number of carbonyl (C=O) groups is 2. The highest BCUT2D eigenvalue weighted by Gasteiger charge is 2.36. The molecular weight excluding hydrogens is 268 g/mol. The van der Waals surface area contributed by atoms with Crippen LogP contribution in [0, 0.1) is 5.92 Å². The molecule has 1 saturated carbocycles. The fraction of sp³-hybridized carbons (Fsp3) is 0.875. The Balaban J connectivity index is 1.94. The molecule has 0 spiro atoms. The van der Waals surface area contributed by atoms with E-state index >= 15 is 0 Å². The average Bonchev–Trinajstić information content (AvgIpc) is 2.47. The summed E-state index contributed by atoms with van der Waals surface area (Å²) in [7, 11) is 1.88. The molecule has 2 aliphatic rings. The van der Waals surface area contributed by atoms with Crippen LogP contribution in [0.4, 0.5) is 0 Å². The summed E-state index contributed by atoms with van der Waals surface area (Å²) in [4.78, 5) is 27.7. The van der Waals surface area contributed by atoms with Crippen molar-refractivity contribution in [2.24, 2.45) is 5.92 Å². The van der Waals surface area contributed by atoms with Gasteiger partial charge in [-0.1, -0.05) is 26.2 Å². The second kappa shape index (κ2) is 7.25. The van der Waals surface area contributed by atoms with Gasteiger partial charge in [0.2, 0.25) is 5.91 Å². The number of carboxylic acid groups (broad SMARTS) is 1. The maximum absolute atomic E-state index is 12.5. The Labute approximate surface area is 127 Å². The zero-order valence-electron chi connectivity index (χ0n) is 13.3. The number of rotatable bonds is 4. The standard InChI is InChI=1S/C16H28N2O3/c1-12-7-6-10-18(15(12)16(20)21)11-14(19)17(2)13-8-4-3-5-9-13/h12-13,15H,3-11H2,1-2H3,(H,20,21). The van der Waals surface area contributed by atoms with E-state index in [1.165, 1.54) is 19.3 Å². The minimum Gasteiger partial charge on any atom is -0.480 e. The second-order valence-corrected chi connectivity index (χ2v) is 6.67. The lowest BCUT2D eigenvalue weighted by Gasteiger charge is -2.38. The van der Waals surface area contributed by atoms with Crippen LogP contribution in [0.5, 0.6) is 0 Å². The predicted molar refractivity (Wildman–Crippen MR) is 81.0 cm³/mol. The first kappa shape index (κ1) is 16.3. The topological polar surface area (TPSA) is 60.9 Å². The van der Waals surface area contributed by atoms with Crippen molar-refractivity contribution in [2.75, 3.05) is 20.1 Å². The van der Waals surface area contributed by atoms with E-state index in [1.54, 1.807) is 0 Å². The van der Waals surface area contributed by atoms with Gasteiger partial charge in [-0.05, 0) is 38.1 Å². The lowest BCUT2D eigenvalue weighted by Crippen LogP contribution is -2.53. The van der Waals surface area contributed by atoms with Crippen molar-refractivity contribution in [1.82, 2.24) is 9.80 Å². The Morgan fingerprint density at radius 2 is 1.81 bits per heavy atom. The van der Waals surface area contributed by atoms with E-state index in [4.69, 9.17) is 0 Å². The minimum absolute atomic E-state index is 0.0715. The third-order valence-corrected chi connectivity index (χ3v) is 5.14. The van der Waals surface area contributed by atoms with Gasteiger partial charge in [0.05, 0.1) is 6.54 Å². The van der Waals surface area contributed by atoms with Gasteiger partial charge in [0.1, 0.15) is 6.04 Å². The molecule has 2 atom stereocenters. The molecule has 0 aromatic carbocycles. The quantitative estimate of drug-likeness (QED) is 0.861. The van der Waals surface area contributed by atoms with Gasteiger partial charge in [-0.15, -0.1) is 0 Å². The van der Waals surface area contributed by atoms with Gasteiger partial charge >= 0.3 is 5.97 Å². The van der Waals surface area contributed by atoms with Crippen molar-refractivity contribution in [3.63, 3.8) is 0 Å². The smallest absolute Gasteiger partial charge is 0.321 e. The molecule has 2 fully saturated rings. The first-order valence-corrected chi connectivity index (χ1v) is 8.23. The Hall–Kier alpha value is -1.10. The molecule has 21 heavy (non-hydrogen) atoms. The van der Waals surface area contributed by atoms with Crippen LogP contribution in [0.25, 0.3) is 0 Å². The summed E-state index contributed by atoms with van der Waals surface area (Å²) in [6, 6.07) is -0.167. The van der Waals surface area contributed by atoms with Crippen LogP contribution >= 0.6 is 0 Å². The summed E-state index contributed by atoms with van der Waals surface area (Å²) in [5.74, 6) is -0.610. The molecule has 2 unspecified atom stereocenters. The highest BCUT2D eigenvalue weighted by molar-refractivity contribution is 5.80. The molecule has 5 heteroatoms. The van der Waals surface area contributed by atoms with E-state index in [1.807, 2.05) is 23.8 Å². The second-order valence-electron chi connectivity index (χ2n) is 6.67. The Kier molecular flexibility index (Phi) is 5.62.